The molecule has 0 amide bonds. The maximum absolute atomic E-state index is 3.11. The van der Waals surface area contributed by atoms with Crippen LogP contribution in [0.25, 0.3) is 10.8 Å². The quantitative estimate of drug-likeness (QED) is 0.622. The van der Waals surface area contributed by atoms with Crippen LogP contribution in [0.2, 0.25) is 0 Å². The maximum Gasteiger partial charge on any atom is 0.00836 e. The average Bonchev–Trinajstić information content (AvgIpc) is 2.28. The molecule has 0 bridgehead atoms. The Hall–Kier alpha value is -1.76. The Morgan fingerprint density at radius 3 is 2.23 bits per heavy atom. The van der Waals surface area contributed by atoms with Crippen molar-refractivity contribution in [2.75, 3.05) is 0 Å². The van der Waals surface area contributed by atoms with E-state index >= 15 is 0 Å². The minimum Gasteiger partial charge on any atom is -0.367 e. The minimum atomic E-state index is 1.21. The fourth-order valence-corrected chi connectivity index (χ4v) is 1.27. The molecule has 1 heteroatoms. The lowest BCUT2D eigenvalue weighted by Gasteiger charge is -1.89. The highest BCUT2D eigenvalue weighted by molar-refractivity contribution is 5.80. The Kier molecular flexibility index (Phi) is 2.28. The first-order valence-electron chi connectivity index (χ1n) is 4.32. The van der Waals surface area contributed by atoms with E-state index in [1.807, 2.05) is 42.7 Å². The normalized spacial score (nSPS) is 9.54. The van der Waals surface area contributed by atoms with Gasteiger partial charge in [-0.15, -0.1) is 0 Å². The van der Waals surface area contributed by atoms with Crippen molar-refractivity contribution < 1.29 is 0 Å². The smallest absolute Gasteiger partial charge is 0.00836 e. The fourth-order valence-electron chi connectivity index (χ4n) is 1.27. The van der Waals surface area contributed by atoms with E-state index in [0.29, 0.717) is 0 Å². The highest BCUT2D eigenvalue weighted by atomic mass is 14.6. The molecule has 1 aromatic carbocycles. The van der Waals surface area contributed by atoms with Gasteiger partial charge in [-0.25, -0.2) is 0 Å². The summed E-state index contributed by atoms with van der Waals surface area (Å²) in [5, 5.41) is 2.44. The first-order valence-corrected chi connectivity index (χ1v) is 4.32. The molecular weight excluding hydrogens is 158 g/mol. The summed E-state index contributed by atoms with van der Waals surface area (Å²) in [6.07, 6.45) is 3.90. The van der Waals surface area contributed by atoms with Crippen LogP contribution in [-0.2, 0) is 0 Å². The molecule has 0 aliphatic heterocycles. The van der Waals surface area contributed by atoms with Gasteiger partial charge in [0.1, 0.15) is 0 Å². The Bertz CT molecular complexity index is 401. The molecular formula is C12H11N. The summed E-state index contributed by atoms with van der Waals surface area (Å²) >= 11 is 0. The minimum absolute atomic E-state index is 1.21. The van der Waals surface area contributed by atoms with Gasteiger partial charge >= 0.3 is 0 Å². The third-order valence-electron chi connectivity index (χ3n) is 1.93. The molecule has 2 aromatic rings. The van der Waals surface area contributed by atoms with Crippen LogP contribution in [0.1, 0.15) is 0 Å². The molecule has 0 atom stereocenters. The second-order valence-electron chi connectivity index (χ2n) is 2.85. The summed E-state index contributed by atoms with van der Waals surface area (Å²) < 4.78 is 0. The topological polar surface area (TPSA) is 15.8 Å². The Morgan fingerprint density at radius 1 is 0.692 bits per heavy atom. The fraction of sp³-hybridized carbons (Fsp3) is 0. The molecule has 0 unspecified atom stereocenters. The Morgan fingerprint density at radius 2 is 1.38 bits per heavy atom. The van der Waals surface area contributed by atoms with Gasteiger partial charge in [0.05, 0.1) is 0 Å². The van der Waals surface area contributed by atoms with Crippen LogP contribution < -0.4 is 0 Å². The van der Waals surface area contributed by atoms with Crippen LogP contribution in [0, 0.1) is 0 Å². The van der Waals surface area contributed by atoms with E-state index < -0.39 is 0 Å². The molecule has 1 aromatic heterocycles. The van der Waals surface area contributed by atoms with Crippen LogP contribution in [-0.4, -0.2) is 4.98 Å². The van der Waals surface area contributed by atoms with Gasteiger partial charge in [0.2, 0.25) is 0 Å². The van der Waals surface area contributed by atoms with E-state index in [1.165, 1.54) is 10.8 Å². The number of aromatic amines is 1. The molecule has 0 saturated carbocycles. The van der Waals surface area contributed by atoms with E-state index in [2.05, 4.69) is 23.2 Å². The Balaban J connectivity index is 2.82. The van der Waals surface area contributed by atoms with E-state index in [9.17, 15) is 0 Å². The van der Waals surface area contributed by atoms with E-state index in [1.54, 1.807) is 0 Å². The van der Waals surface area contributed by atoms with E-state index in [-0.39, 0.29) is 0 Å². The number of hydrogen-bond donors (Lipinski definition) is 1. The highest BCUT2D eigenvalue weighted by Crippen LogP contribution is 2.08. The molecule has 1 heterocycles. The first-order chi connectivity index (χ1) is 6.47. The molecule has 0 radical (unpaired) electrons. The van der Waals surface area contributed by atoms with Gasteiger partial charge in [0.15, 0.2) is 0 Å². The van der Waals surface area contributed by atoms with Crippen molar-refractivity contribution >= 4 is 10.8 Å². The molecule has 64 valence electrons. The van der Waals surface area contributed by atoms with Gasteiger partial charge in [-0.05, 0) is 16.8 Å². The zero-order chi connectivity index (χ0) is 8.93. The van der Waals surface area contributed by atoms with Crippen LogP contribution >= 0.6 is 0 Å². The number of aromatic nitrogens is 1. The van der Waals surface area contributed by atoms with Gasteiger partial charge in [-0.3, -0.25) is 0 Å². The molecule has 13 heavy (non-hydrogen) atoms. The van der Waals surface area contributed by atoms with Crippen molar-refractivity contribution in [2.24, 2.45) is 0 Å². The first kappa shape index (κ1) is 7.87. The highest BCUT2D eigenvalue weighted by Gasteiger charge is 1.83. The van der Waals surface area contributed by atoms with Crippen LogP contribution in [0.4, 0.5) is 0 Å². The summed E-state index contributed by atoms with van der Waals surface area (Å²) in [4.78, 5) is 3.11. The lowest BCUT2D eigenvalue weighted by Crippen LogP contribution is -1.65. The maximum atomic E-state index is 3.11. The van der Waals surface area contributed by atoms with Crippen molar-refractivity contribution in [3.8, 4) is 0 Å². The molecule has 0 fully saturated rings. The standard InChI is InChI=1S/C12H11N/c1-2-6-11-7-3-4-8-12(11)10-13-9-5-1/h1-10,13H. The van der Waals surface area contributed by atoms with Gasteiger partial charge < -0.3 is 4.98 Å². The lowest BCUT2D eigenvalue weighted by atomic mass is 10.2. The summed E-state index contributed by atoms with van der Waals surface area (Å²) in [6.45, 7) is 0. The molecule has 0 saturated heterocycles. The van der Waals surface area contributed by atoms with Crippen molar-refractivity contribution in [1.82, 2.24) is 4.98 Å². The molecule has 2 rings (SSSR count). The van der Waals surface area contributed by atoms with Crippen LogP contribution in [0.15, 0.2) is 60.9 Å². The number of rotatable bonds is 0. The van der Waals surface area contributed by atoms with Crippen LogP contribution in [0.3, 0.4) is 0 Å². The van der Waals surface area contributed by atoms with Crippen molar-refractivity contribution in [3.05, 3.63) is 60.9 Å². The number of fused-ring (bicyclic) bond motifs is 1. The summed E-state index contributed by atoms with van der Waals surface area (Å²) in [5.74, 6) is 0. The third kappa shape index (κ3) is 1.88. The van der Waals surface area contributed by atoms with Crippen molar-refractivity contribution in [2.45, 2.75) is 0 Å². The second kappa shape index (κ2) is 3.76. The number of H-pyrrole nitrogens is 1. The van der Waals surface area contributed by atoms with E-state index in [0.717, 1.165) is 0 Å². The molecule has 0 aliphatic carbocycles. The zero-order valence-corrected chi connectivity index (χ0v) is 7.27. The SMILES string of the molecule is c1cc[nH]cc2ccccc2cc1. The summed E-state index contributed by atoms with van der Waals surface area (Å²) in [6, 6.07) is 16.4. The number of nitrogens with one attached hydrogen (secondary N) is 1. The molecule has 1 nitrogen and oxygen atoms in total. The van der Waals surface area contributed by atoms with Crippen LogP contribution in [0.5, 0.6) is 0 Å². The summed E-state index contributed by atoms with van der Waals surface area (Å²) in [7, 11) is 0. The second-order valence-corrected chi connectivity index (χ2v) is 2.85. The molecule has 0 spiro atoms. The predicted molar refractivity (Wildman–Crippen MR) is 55.9 cm³/mol. The number of hydrogen-bond acceptors (Lipinski definition) is 0. The monoisotopic (exact) mass is 169 g/mol. The van der Waals surface area contributed by atoms with Crippen molar-refractivity contribution in [1.29, 1.82) is 0 Å². The Labute approximate surface area is 77.4 Å². The largest absolute Gasteiger partial charge is 0.367 e. The van der Waals surface area contributed by atoms with Gasteiger partial charge in [-0.1, -0.05) is 42.5 Å². The lowest BCUT2D eigenvalue weighted by molar-refractivity contribution is 1.38. The van der Waals surface area contributed by atoms with E-state index in [4.69, 9.17) is 0 Å². The average molecular weight is 169 g/mol. The van der Waals surface area contributed by atoms with Crippen molar-refractivity contribution in [3.63, 3.8) is 0 Å². The van der Waals surface area contributed by atoms with Gasteiger partial charge in [0.25, 0.3) is 0 Å². The molecule has 0 aliphatic rings. The molecule has 1 N–H and O–H groups in total. The zero-order valence-electron chi connectivity index (χ0n) is 7.27. The third-order valence-corrected chi connectivity index (χ3v) is 1.93. The predicted octanol–water partition coefficient (Wildman–Crippen LogP) is 3.29. The van der Waals surface area contributed by atoms with Gasteiger partial charge in [0, 0.05) is 12.4 Å². The summed E-state index contributed by atoms with van der Waals surface area (Å²) in [5.41, 5.74) is 0. The number of benzene rings is 1. The van der Waals surface area contributed by atoms with Gasteiger partial charge in [-0.2, -0.15) is 0 Å².